The summed E-state index contributed by atoms with van der Waals surface area (Å²) in [7, 11) is 3.36. The molecule has 3 aliphatic rings. The zero-order valence-electron chi connectivity index (χ0n) is 18.8. The summed E-state index contributed by atoms with van der Waals surface area (Å²) in [5.41, 5.74) is 1.78. The van der Waals surface area contributed by atoms with Crippen LogP contribution in [0, 0.1) is 11.3 Å². The van der Waals surface area contributed by atoms with Gasteiger partial charge in [0, 0.05) is 45.2 Å². The lowest BCUT2D eigenvalue weighted by Crippen LogP contribution is -2.65. The standard InChI is InChI=1S/C26H31N3O3/c1-27-23(30)22-15-28(14-19-6-4-3-5-7-19)16-25(22)17-29(18-25)24(31)26(12-13-26)20-8-10-21(32-2)11-9-20/h3-11,22H,12-18H2,1-2H3,(H,27,30). The van der Waals surface area contributed by atoms with Crippen LogP contribution in [0.25, 0.3) is 0 Å². The van der Waals surface area contributed by atoms with Gasteiger partial charge in [-0.15, -0.1) is 0 Å². The van der Waals surface area contributed by atoms with Gasteiger partial charge in [0.15, 0.2) is 0 Å². The third-order valence-electron chi connectivity index (χ3n) is 7.63. The number of rotatable bonds is 6. The number of carbonyl (C=O) groups is 2. The fraction of sp³-hybridized carbons (Fsp3) is 0.462. The van der Waals surface area contributed by atoms with Gasteiger partial charge in [0.05, 0.1) is 18.4 Å². The SMILES string of the molecule is CNC(=O)C1CN(Cc2ccccc2)CC12CN(C(=O)C1(c3ccc(OC)cc3)CC1)C2. The van der Waals surface area contributed by atoms with E-state index in [1.807, 2.05) is 35.2 Å². The summed E-state index contributed by atoms with van der Waals surface area (Å²) in [6.07, 6.45) is 1.78. The third kappa shape index (κ3) is 3.47. The number of amides is 2. The van der Waals surface area contributed by atoms with Crippen molar-refractivity contribution < 1.29 is 14.3 Å². The van der Waals surface area contributed by atoms with Gasteiger partial charge in [0.1, 0.15) is 5.75 Å². The largest absolute Gasteiger partial charge is 0.497 e. The van der Waals surface area contributed by atoms with Crippen molar-refractivity contribution in [1.82, 2.24) is 15.1 Å². The molecular weight excluding hydrogens is 402 g/mol. The van der Waals surface area contributed by atoms with Crippen molar-refractivity contribution in [2.45, 2.75) is 24.8 Å². The van der Waals surface area contributed by atoms with Gasteiger partial charge in [-0.1, -0.05) is 42.5 Å². The first-order valence-corrected chi connectivity index (χ1v) is 11.4. The van der Waals surface area contributed by atoms with Gasteiger partial charge in [0.25, 0.3) is 0 Å². The number of hydrogen-bond donors (Lipinski definition) is 1. The highest BCUT2D eigenvalue weighted by molar-refractivity contribution is 5.92. The molecule has 1 spiro atoms. The number of hydrogen-bond acceptors (Lipinski definition) is 4. The second kappa shape index (κ2) is 7.93. The van der Waals surface area contributed by atoms with E-state index in [1.165, 1.54) is 5.56 Å². The molecule has 1 saturated carbocycles. The summed E-state index contributed by atoms with van der Waals surface area (Å²) in [6.45, 7) is 3.74. The number of ether oxygens (including phenoxy) is 1. The van der Waals surface area contributed by atoms with Crippen LogP contribution in [-0.4, -0.2) is 62.0 Å². The Kier molecular flexibility index (Phi) is 5.20. The minimum absolute atomic E-state index is 0.0867. The van der Waals surface area contributed by atoms with E-state index in [2.05, 4.69) is 34.5 Å². The molecule has 2 aromatic carbocycles. The van der Waals surface area contributed by atoms with Crippen LogP contribution in [0.3, 0.4) is 0 Å². The van der Waals surface area contributed by atoms with Gasteiger partial charge >= 0.3 is 0 Å². The van der Waals surface area contributed by atoms with Gasteiger partial charge in [0.2, 0.25) is 11.8 Å². The first-order valence-electron chi connectivity index (χ1n) is 11.4. The van der Waals surface area contributed by atoms with Crippen molar-refractivity contribution in [2.24, 2.45) is 11.3 Å². The highest BCUT2D eigenvalue weighted by atomic mass is 16.5. The third-order valence-corrected chi connectivity index (χ3v) is 7.63. The predicted octanol–water partition coefficient (Wildman–Crippen LogP) is 2.43. The van der Waals surface area contributed by atoms with Crippen LogP contribution in [0.15, 0.2) is 54.6 Å². The van der Waals surface area contributed by atoms with E-state index in [0.717, 1.165) is 43.8 Å². The zero-order chi connectivity index (χ0) is 22.3. The maximum absolute atomic E-state index is 13.5. The van der Waals surface area contributed by atoms with Crippen molar-refractivity contribution >= 4 is 11.8 Å². The van der Waals surface area contributed by atoms with Crippen LogP contribution in [0.1, 0.15) is 24.0 Å². The lowest BCUT2D eigenvalue weighted by atomic mass is 9.70. The zero-order valence-corrected chi connectivity index (χ0v) is 18.8. The van der Waals surface area contributed by atoms with Gasteiger partial charge in [-0.05, 0) is 36.1 Å². The Labute approximate surface area is 189 Å². The maximum atomic E-state index is 13.5. The number of likely N-dealkylation sites (tertiary alicyclic amines) is 2. The van der Waals surface area contributed by atoms with Crippen LogP contribution in [0.5, 0.6) is 5.75 Å². The summed E-state index contributed by atoms with van der Waals surface area (Å²) in [6, 6.07) is 18.3. The van der Waals surface area contributed by atoms with Crippen LogP contribution in [-0.2, 0) is 21.5 Å². The average Bonchev–Trinajstić information content (AvgIpc) is 3.53. The molecule has 1 aliphatic carbocycles. The lowest BCUT2D eigenvalue weighted by molar-refractivity contribution is -0.152. The Morgan fingerprint density at radius 2 is 1.72 bits per heavy atom. The van der Waals surface area contributed by atoms with E-state index in [-0.39, 0.29) is 23.1 Å². The molecule has 2 amide bonds. The van der Waals surface area contributed by atoms with Gasteiger partial charge < -0.3 is 15.0 Å². The van der Waals surface area contributed by atoms with Crippen LogP contribution < -0.4 is 10.1 Å². The number of benzene rings is 2. The van der Waals surface area contributed by atoms with Crippen molar-refractivity contribution in [3.05, 3.63) is 65.7 Å². The van der Waals surface area contributed by atoms with Crippen LogP contribution in [0.4, 0.5) is 0 Å². The lowest BCUT2D eigenvalue weighted by Gasteiger charge is -2.51. The number of nitrogens with one attached hydrogen (secondary N) is 1. The molecule has 0 radical (unpaired) electrons. The first-order chi connectivity index (χ1) is 15.5. The molecule has 3 fully saturated rings. The Balaban J connectivity index is 1.29. The fourth-order valence-corrected chi connectivity index (χ4v) is 5.71. The molecule has 1 atom stereocenters. The molecule has 2 heterocycles. The summed E-state index contributed by atoms with van der Waals surface area (Å²) < 4.78 is 5.27. The molecule has 168 valence electrons. The van der Waals surface area contributed by atoms with Gasteiger partial charge in [-0.25, -0.2) is 0 Å². The average molecular weight is 434 g/mol. The molecule has 1 unspecified atom stereocenters. The quantitative estimate of drug-likeness (QED) is 0.760. The van der Waals surface area contributed by atoms with E-state index in [1.54, 1.807) is 14.2 Å². The van der Waals surface area contributed by atoms with Crippen LogP contribution >= 0.6 is 0 Å². The molecule has 0 bridgehead atoms. The van der Waals surface area contributed by atoms with Crippen molar-refractivity contribution in [1.29, 1.82) is 0 Å². The predicted molar refractivity (Wildman–Crippen MR) is 122 cm³/mol. The van der Waals surface area contributed by atoms with E-state index < -0.39 is 5.41 Å². The molecule has 1 N–H and O–H groups in total. The minimum atomic E-state index is -0.390. The fourth-order valence-electron chi connectivity index (χ4n) is 5.71. The Bertz CT molecular complexity index is 995. The molecular formula is C26H31N3O3. The van der Waals surface area contributed by atoms with E-state index in [0.29, 0.717) is 13.1 Å². The highest BCUT2D eigenvalue weighted by Crippen LogP contribution is 2.53. The monoisotopic (exact) mass is 433 g/mol. The summed E-state index contributed by atoms with van der Waals surface area (Å²) in [5.74, 6) is 1.02. The molecule has 32 heavy (non-hydrogen) atoms. The minimum Gasteiger partial charge on any atom is -0.497 e. The van der Waals surface area contributed by atoms with E-state index in [4.69, 9.17) is 4.74 Å². The van der Waals surface area contributed by atoms with Gasteiger partial charge in [-0.3, -0.25) is 14.5 Å². The number of carbonyl (C=O) groups excluding carboxylic acids is 2. The molecule has 2 aliphatic heterocycles. The Hall–Kier alpha value is -2.86. The summed E-state index contributed by atoms with van der Waals surface area (Å²) in [5, 5.41) is 2.86. The molecule has 5 rings (SSSR count). The summed E-state index contributed by atoms with van der Waals surface area (Å²) in [4.78, 5) is 30.6. The molecule has 2 saturated heterocycles. The number of nitrogens with zero attached hydrogens (tertiary/aromatic N) is 2. The number of methoxy groups -OCH3 is 1. The molecule has 6 heteroatoms. The van der Waals surface area contributed by atoms with Crippen molar-refractivity contribution in [3.8, 4) is 5.75 Å². The normalized spacial score (nSPS) is 22.9. The first kappa shape index (κ1) is 21.0. The van der Waals surface area contributed by atoms with Gasteiger partial charge in [-0.2, -0.15) is 0 Å². The van der Waals surface area contributed by atoms with E-state index in [9.17, 15) is 9.59 Å². The van der Waals surface area contributed by atoms with Crippen molar-refractivity contribution in [3.63, 3.8) is 0 Å². The van der Waals surface area contributed by atoms with E-state index >= 15 is 0 Å². The topological polar surface area (TPSA) is 61.9 Å². The Morgan fingerprint density at radius 1 is 1.03 bits per heavy atom. The molecule has 0 aromatic heterocycles. The molecule has 2 aromatic rings. The Morgan fingerprint density at radius 3 is 2.31 bits per heavy atom. The summed E-state index contributed by atoms with van der Waals surface area (Å²) >= 11 is 0. The van der Waals surface area contributed by atoms with Crippen molar-refractivity contribution in [2.75, 3.05) is 40.3 Å². The maximum Gasteiger partial charge on any atom is 0.233 e. The molecule has 6 nitrogen and oxygen atoms in total. The second-order valence-corrected chi connectivity index (χ2v) is 9.66. The second-order valence-electron chi connectivity index (χ2n) is 9.66. The highest BCUT2D eigenvalue weighted by Gasteiger charge is 2.62. The van der Waals surface area contributed by atoms with Crippen LogP contribution in [0.2, 0.25) is 0 Å². The smallest absolute Gasteiger partial charge is 0.233 e.